The molecular formula is C20H23FN2O4S. The van der Waals surface area contributed by atoms with Gasteiger partial charge in [0.2, 0.25) is 15.9 Å². The SMILES string of the molecule is COc1ccc(S(=O)(=O)N[C@@H](C)C(=O)N2CCCC2c2ccc(F)cc2)cc1. The van der Waals surface area contributed by atoms with E-state index in [9.17, 15) is 17.6 Å². The molecule has 0 radical (unpaired) electrons. The van der Waals surface area contributed by atoms with E-state index in [0.29, 0.717) is 12.3 Å². The van der Waals surface area contributed by atoms with Crippen molar-refractivity contribution in [3.8, 4) is 5.75 Å². The molecule has 0 aromatic heterocycles. The van der Waals surface area contributed by atoms with E-state index in [-0.39, 0.29) is 22.7 Å². The van der Waals surface area contributed by atoms with Crippen LogP contribution < -0.4 is 9.46 Å². The molecule has 1 saturated heterocycles. The van der Waals surface area contributed by atoms with Gasteiger partial charge < -0.3 is 9.64 Å². The van der Waals surface area contributed by atoms with Crippen LogP contribution >= 0.6 is 0 Å². The summed E-state index contributed by atoms with van der Waals surface area (Å²) in [7, 11) is -2.35. The highest BCUT2D eigenvalue weighted by Gasteiger charge is 2.34. The molecule has 0 saturated carbocycles. The third-order valence-electron chi connectivity index (χ3n) is 4.86. The van der Waals surface area contributed by atoms with Crippen molar-refractivity contribution in [2.45, 2.75) is 36.7 Å². The summed E-state index contributed by atoms with van der Waals surface area (Å²) in [6.45, 7) is 2.07. The van der Waals surface area contributed by atoms with Crippen molar-refractivity contribution in [2.24, 2.45) is 0 Å². The number of benzene rings is 2. The molecule has 0 bridgehead atoms. The highest BCUT2D eigenvalue weighted by atomic mass is 32.2. The van der Waals surface area contributed by atoms with Gasteiger partial charge in [-0.25, -0.2) is 12.8 Å². The quantitative estimate of drug-likeness (QED) is 0.800. The third-order valence-corrected chi connectivity index (χ3v) is 6.42. The lowest BCUT2D eigenvalue weighted by Crippen LogP contribution is -2.46. The average Bonchev–Trinajstić information content (AvgIpc) is 3.17. The summed E-state index contributed by atoms with van der Waals surface area (Å²) < 4.78 is 45.8. The first kappa shape index (κ1) is 20.3. The molecule has 0 aliphatic carbocycles. The molecular weight excluding hydrogens is 383 g/mol. The monoisotopic (exact) mass is 406 g/mol. The summed E-state index contributed by atoms with van der Waals surface area (Å²) in [5.41, 5.74) is 0.845. The fraction of sp³-hybridized carbons (Fsp3) is 0.350. The molecule has 1 fully saturated rings. The van der Waals surface area contributed by atoms with Crippen molar-refractivity contribution in [3.63, 3.8) is 0 Å². The Labute approximate surface area is 164 Å². The Morgan fingerprint density at radius 2 is 1.82 bits per heavy atom. The number of amides is 1. The topological polar surface area (TPSA) is 75.7 Å². The zero-order valence-electron chi connectivity index (χ0n) is 15.8. The molecule has 0 spiro atoms. The smallest absolute Gasteiger partial charge is 0.241 e. The second kappa shape index (κ2) is 8.28. The lowest BCUT2D eigenvalue weighted by molar-refractivity contribution is -0.133. The van der Waals surface area contributed by atoms with Crippen molar-refractivity contribution in [3.05, 3.63) is 59.9 Å². The number of carbonyl (C=O) groups is 1. The highest BCUT2D eigenvalue weighted by Crippen LogP contribution is 2.32. The molecule has 1 aliphatic heterocycles. The number of nitrogens with zero attached hydrogens (tertiary/aromatic N) is 1. The summed E-state index contributed by atoms with van der Waals surface area (Å²) >= 11 is 0. The molecule has 1 amide bonds. The fourth-order valence-corrected chi connectivity index (χ4v) is 4.61. The van der Waals surface area contributed by atoms with Crippen LogP contribution in [0.25, 0.3) is 0 Å². The Hall–Kier alpha value is -2.45. The summed E-state index contributed by atoms with van der Waals surface area (Å²) in [4.78, 5) is 14.6. The van der Waals surface area contributed by atoms with Crippen molar-refractivity contribution >= 4 is 15.9 Å². The molecule has 2 atom stereocenters. The van der Waals surface area contributed by atoms with Crippen LogP contribution in [0.1, 0.15) is 31.4 Å². The predicted octanol–water partition coefficient (Wildman–Crippen LogP) is 2.86. The maximum atomic E-state index is 13.2. The molecule has 6 nitrogen and oxygen atoms in total. The minimum absolute atomic E-state index is 0.0597. The molecule has 1 unspecified atom stereocenters. The number of rotatable bonds is 6. The molecule has 8 heteroatoms. The van der Waals surface area contributed by atoms with Gasteiger partial charge in [-0.2, -0.15) is 4.72 Å². The molecule has 1 N–H and O–H groups in total. The Morgan fingerprint density at radius 3 is 2.43 bits per heavy atom. The zero-order chi connectivity index (χ0) is 20.3. The largest absolute Gasteiger partial charge is 0.497 e. The first-order chi connectivity index (χ1) is 13.3. The van der Waals surface area contributed by atoms with Crippen LogP contribution in [0.2, 0.25) is 0 Å². The maximum Gasteiger partial charge on any atom is 0.241 e. The van der Waals surface area contributed by atoms with Gasteiger partial charge in [0.1, 0.15) is 11.6 Å². The summed E-state index contributed by atoms with van der Waals surface area (Å²) in [6, 6.07) is 10.9. The van der Waals surface area contributed by atoms with Crippen molar-refractivity contribution in [2.75, 3.05) is 13.7 Å². The molecule has 150 valence electrons. The number of hydrogen-bond donors (Lipinski definition) is 1. The van der Waals surface area contributed by atoms with Crippen LogP contribution in [0.5, 0.6) is 5.75 Å². The molecule has 1 heterocycles. The summed E-state index contributed by atoms with van der Waals surface area (Å²) in [5, 5.41) is 0. The van der Waals surface area contributed by atoms with Gasteiger partial charge in [-0.3, -0.25) is 4.79 Å². The van der Waals surface area contributed by atoms with Crippen LogP contribution in [0, 0.1) is 5.82 Å². The number of methoxy groups -OCH3 is 1. The Balaban J connectivity index is 1.73. The van der Waals surface area contributed by atoms with E-state index >= 15 is 0 Å². The normalized spacial score (nSPS) is 18.1. The van der Waals surface area contributed by atoms with E-state index in [0.717, 1.165) is 18.4 Å². The van der Waals surface area contributed by atoms with Crippen molar-refractivity contribution < 1.29 is 22.3 Å². The Morgan fingerprint density at radius 1 is 1.18 bits per heavy atom. The van der Waals surface area contributed by atoms with Crippen LogP contribution in [0.4, 0.5) is 4.39 Å². The van der Waals surface area contributed by atoms with Crippen molar-refractivity contribution in [1.82, 2.24) is 9.62 Å². The van der Waals surface area contributed by atoms with Crippen LogP contribution in [0.15, 0.2) is 53.4 Å². The number of hydrogen-bond acceptors (Lipinski definition) is 4. The van der Waals surface area contributed by atoms with E-state index < -0.39 is 16.1 Å². The second-order valence-corrected chi connectivity index (χ2v) is 8.47. The van der Waals surface area contributed by atoms with Gasteiger partial charge in [0, 0.05) is 6.54 Å². The van der Waals surface area contributed by atoms with E-state index in [2.05, 4.69) is 4.72 Å². The predicted molar refractivity (Wildman–Crippen MR) is 103 cm³/mol. The van der Waals surface area contributed by atoms with Gasteiger partial charge in [-0.1, -0.05) is 12.1 Å². The van der Waals surface area contributed by atoms with Crippen LogP contribution in [-0.2, 0) is 14.8 Å². The number of sulfonamides is 1. The fourth-order valence-electron chi connectivity index (χ4n) is 3.42. The first-order valence-electron chi connectivity index (χ1n) is 9.04. The van der Waals surface area contributed by atoms with E-state index in [1.807, 2.05) is 0 Å². The number of halogens is 1. The highest BCUT2D eigenvalue weighted by molar-refractivity contribution is 7.89. The Bertz CT molecular complexity index is 930. The minimum Gasteiger partial charge on any atom is -0.497 e. The standard InChI is InChI=1S/C20H23FN2O4S/c1-14(22-28(25,26)18-11-9-17(27-2)10-12-18)20(24)23-13-3-4-19(23)15-5-7-16(21)8-6-15/h5-12,14,19,22H,3-4,13H2,1-2H3/t14-,19?/m0/s1. The van der Waals surface area contributed by atoms with Gasteiger partial charge in [0.25, 0.3) is 0 Å². The van der Waals surface area contributed by atoms with Crippen molar-refractivity contribution in [1.29, 1.82) is 0 Å². The second-order valence-electron chi connectivity index (χ2n) is 6.76. The maximum absolute atomic E-state index is 13.2. The Kier molecular flexibility index (Phi) is 6.00. The first-order valence-corrected chi connectivity index (χ1v) is 10.5. The molecule has 2 aromatic rings. The van der Waals surface area contributed by atoms with Gasteiger partial charge in [0.15, 0.2) is 0 Å². The summed E-state index contributed by atoms with van der Waals surface area (Å²) in [6.07, 6.45) is 1.57. The lowest BCUT2D eigenvalue weighted by atomic mass is 10.0. The number of nitrogens with one attached hydrogen (secondary N) is 1. The minimum atomic E-state index is -3.85. The van der Waals surface area contributed by atoms with Crippen LogP contribution in [0.3, 0.4) is 0 Å². The third kappa shape index (κ3) is 4.34. The van der Waals surface area contributed by atoms with Gasteiger partial charge in [-0.15, -0.1) is 0 Å². The van der Waals surface area contributed by atoms with Gasteiger partial charge in [-0.05, 0) is 61.7 Å². The summed E-state index contributed by atoms with van der Waals surface area (Å²) in [5.74, 6) is -0.0913. The number of ether oxygens (including phenoxy) is 1. The van der Waals surface area contributed by atoms with E-state index in [1.165, 1.54) is 38.3 Å². The average molecular weight is 406 g/mol. The number of likely N-dealkylation sites (tertiary alicyclic amines) is 1. The molecule has 3 rings (SSSR count). The van der Waals surface area contributed by atoms with Gasteiger partial charge >= 0.3 is 0 Å². The lowest BCUT2D eigenvalue weighted by Gasteiger charge is -2.28. The molecule has 28 heavy (non-hydrogen) atoms. The van der Waals surface area contributed by atoms with Gasteiger partial charge in [0.05, 0.1) is 24.1 Å². The molecule has 2 aromatic carbocycles. The van der Waals surface area contributed by atoms with Crippen LogP contribution in [-0.4, -0.2) is 38.9 Å². The van der Waals surface area contributed by atoms with E-state index in [1.54, 1.807) is 29.2 Å². The zero-order valence-corrected chi connectivity index (χ0v) is 16.6. The molecule has 1 aliphatic rings. The van der Waals surface area contributed by atoms with E-state index in [4.69, 9.17) is 4.74 Å². The number of carbonyl (C=O) groups excluding carboxylic acids is 1.